The summed E-state index contributed by atoms with van der Waals surface area (Å²) in [6.07, 6.45) is -0.143. The minimum absolute atomic E-state index is 0.102. The fourth-order valence-corrected chi connectivity index (χ4v) is 3.46. The molecule has 0 saturated carbocycles. The largest absolute Gasteiger partial charge is 0.493 e. The van der Waals surface area contributed by atoms with Gasteiger partial charge in [-0.3, -0.25) is 4.79 Å². The molecule has 7 heteroatoms. The lowest BCUT2D eigenvalue weighted by molar-refractivity contribution is 0.0984. The summed E-state index contributed by atoms with van der Waals surface area (Å²) in [6.45, 7) is 2.47. The number of aromatic nitrogens is 2. The van der Waals surface area contributed by atoms with Gasteiger partial charge in [0.1, 0.15) is 5.56 Å². The number of benzene rings is 1. The number of nitrogens with zero attached hydrogens (tertiary/aromatic N) is 2. The number of halogens is 2. The summed E-state index contributed by atoms with van der Waals surface area (Å²) in [7, 11) is 1.57. The zero-order chi connectivity index (χ0) is 16.7. The lowest BCUT2D eigenvalue weighted by atomic mass is 10.1. The minimum Gasteiger partial charge on any atom is -0.493 e. The van der Waals surface area contributed by atoms with Gasteiger partial charge in [-0.15, -0.1) is 5.92 Å². The summed E-state index contributed by atoms with van der Waals surface area (Å²) in [5.74, 6) is 5.47. The van der Waals surface area contributed by atoms with Gasteiger partial charge in [-0.05, 0) is 19.1 Å². The molecule has 0 fully saturated rings. The van der Waals surface area contributed by atoms with E-state index in [1.165, 1.54) is 9.36 Å². The van der Waals surface area contributed by atoms with E-state index < -0.39 is 0 Å². The van der Waals surface area contributed by atoms with E-state index in [1.54, 1.807) is 26.2 Å². The molecule has 1 aliphatic rings. The van der Waals surface area contributed by atoms with E-state index in [4.69, 9.17) is 27.9 Å². The molecular formula is C16H14Cl2N2O3. The molecule has 0 radical (unpaired) electrons. The number of aromatic hydroxyl groups is 1. The number of rotatable bonds is 2. The van der Waals surface area contributed by atoms with Gasteiger partial charge in [0.25, 0.3) is 5.56 Å². The number of methoxy groups -OCH3 is 1. The summed E-state index contributed by atoms with van der Waals surface area (Å²) < 4.78 is 8.16. The monoisotopic (exact) mass is 352 g/mol. The first kappa shape index (κ1) is 16.0. The zero-order valence-corrected chi connectivity index (χ0v) is 14.1. The molecule has 23 heavy (non-hydrogen) atoms. The molecule has 0 amide bonds. The quantitative estimate of drug-likeness (QED) is 0.845. The molecular weight excluding hydrogens is 339 g/mol. The first-order valence-corrected chi connectivity index (χ1v) is 7.71. The summed E-state index contributed by atoms with van der Waals surface area (Å²) >= 11 is 12.6. The van der Waals surface area contributed by atoms with Crippen molar-refractivity contribution in [3.8, 4) is 28.8 Å². The van der Waals surface area contributed by atoms with Crippen LogP contribution in [0.3, 0.4) is 0 Å². The number of hydrogen-bond acceptors (Lipinski definition) is 3. The van der Waals surface area contributed by atoms with Gasteiger partial charge in [0, 0.05) is 18.2 Å². The van der Waals surface area contributed by atoms with E-state index >= 15 is 0 Å². The first-order chi connectivity index (χ1) is 11.0. The van der Waals surface area contributed by atoms with Crippen molar-refractivity contribution >= 4 is 23.2 Å². The summed E-state index contributed by atoms with van der Waals surface area (Å²) in [5, 5.41) is 11.0. The zero-order valence-electron chi connectivity index (χ0n) is 12.6. The van der Waals surface area contributed by atoms with Gasteiger partial charge in [0.05, 0.1) is 29.2 Å². The Balaban J connectivity index is 2.19. The summed E-state index contributed by atoms with van der Waals surface area (Å²) in [4.78, 5) is 12.6. The van der Waals surface area contributed by atoms with Gasteiger partial charge in [-0.1, -0.05) is 29.1 Å². The van der Waals surface area contributed by atoms with Crippen molar-refractivity contribution in [1.29, 1.82) is 0 Å². The molecule has 1 N–H and O–H groups in total. The van der Waals surface area contributed by atoms with E-state index in [2.05, 4.69) is 11.8 Å². The van der Waals surface area contributed by atoms with Gasteiger partial charge in [-0.2, -0.15) is 0 Å². The highest BCUT2D eigenvalue weighted by Crippen LogP contribution is 2.39. The normalized spacial score (nSPS) is 16.1. The fourth-order valence-electron chi connectivity index (χ4n) is 2.78. The summed E-state index contributed by atoms with van der Waals surface area (Å²) in [5.41, 5.74) is 0.726. The first-order valence-electron chi connectivity index (χ1n) is 6.95. The maximum absolute atomic E-state index is 12.6. The predicted octanol–water partition coefficient (Wildman–Crippen LogP) is 2.73. The Labute approximate surface area is 143 Å². The highest BCUT2D eigenvalue weighted by Gasteiger charge is 2.31. The van der Waals surface area contributed by atoms with E-state index in [1.807, 2.05) is 0 Å². The molecule has 0 aliphatic carbocycles. The van der Waals surface area contributed by atoms with Crippen molar-refractivity contribution in [2.45, 2.75) is 26.1 Å². The molecule has 0 spiro atoms. The van der Waals surface area contributed by atoms with E-state index in [0.717, 1.165) is 0 Å². The van der Waals surface area contributed by atoms with Gasteiger partial charge >= 0.3 is 0 Å². The molecule has 0 saturated heterocycles. The Morgan fingerprint density at radius 1 is 1.22 bits per heavy atom. The van der Waals surface area contributed by atoms with Crippen LogP contribution in [0.4, 0.5) is 0 Å². The summed E-state index contributed by atoms with van der Waals surface area (Å²) in [6, 6.07) is 3.26. The highest BCUT2D eigenvalue weighted by atomic mass is 35.5. The standard InChI is InChI=1S/C16H14Cl2N2O3/c1-3-4-9-5-11(17)13(12(18)6-9)14-15(21)19-7-10(23-2)8-20(19)16(14)22/h5-6,10,21H,7-8H2,1-2H3. The minimum atomic E-state index is -0.347. The lowest BCUT2D eigenvalue weighted by Crippen LogP contribution is -2.20. The number of hydrogen-bond donors (Lipinski definition) is 1. The van der Waals surface area contributed by atoms with E-state index in [9.17, 15) is 9.90 Å². The number of fused-ring (bicyclic) bond motifs is 1. The third kappa shape index (κ3) is 2.53. The fraction of sp³-hybridized carbons (Fsp3) is 0.312. The van der Waals surface area contributed by atoms with E-state index in [0.29, 0.717) is 24.2 Å². The Morgan fingerprint density at radius 3 is 2.35 bits per heavy atom. The third-order valence-corrected chi connectivity index (χ3v) is 4.45. The van der Waals surface area contributed by atoms with Crippen LogP contribution in [-0.2, 0) is 17.8 Å². The molecule has 1 atom stereocenters. The lowest BCUT2D eigenvalue weighted by Gasteiger charge is -2.08. The average molecular weight is 353 g/mol. The van der Waals surface area contributed by atoms with Gasteiger partial charge in [0.2, 0.25) is 5.88 Å². The Hall–Kier alpha value is -1.87. The van der Waals surface area contributed by atoms with Crippen molar-refractivity contribution in [2.24, 2.45) is 0 Å². The van der Waals surface area contributed by atoms with Crippen LogP contribution >= 0.6 is 23.2 Å². The smallest absolute Gasteiger partial charge is 0.278 e. The van der Waals surface area contributed by atoms with Gasteiger partial charge in [-0.25, -0.2) is 9.36 Å². The van der Waals surface area contributed by atoms with Crippen molar-refractivity contribution in [1.82, 2.24) is 9.36 Å². The van der Waals surface area contributed by atoms with Crippen molar-refractivity contribution in [2.75, 3.05) is 7.11 Å². The molecule has 1 aromatic heterocycles. The maximum Gasteiger partial charge on any atom is 0.278 e. The molecule has 2 heterocycles. The molecule has 1 aromatic carbocycles. The molecule has 1 unspecified atom stereocenters. The van der Waals surface area contributed by atoms with Crippen molar-refractivity contribution in [3.05, 3.63) is 38.1 Å². The maximum atomic E-state index is 12.6. The van der Waals surface area contributed by atoms with Crippen LogP contribution in [0.1, 0.15) is 12.5 Å². The van der Waals surface area contributed by atoms with Crippen LogP contribution in [0.15, 0.2) is 16.9 Å². The number of ether oxygens (including phenoxy) is 1. The van der Waals surface area contributed by atoms with Crippen LogP contribution in [0.5, 0.6) is 5.88 Å². The second-order valence-corrected chi connectivity index (χ2v) is 6.03. The van der Waals surface area contributed by atoms with Crippen molar-refractivity contribution in [3.63, 3.8) is 0 Å². The second-order valence-electron chi connectivity index (χ2n) is 5.22. The Bertz CT molecular complexity index is 880. The molecule has 120 valence electrons. The predicted molar refractivity (Wildman–Crippen MR) is 89.2 cm³/mol. The molecule has 0 bridgehead atoms. The second kappa shape index (κ2) is 5.97. The molecule has 2 aromatic rings. The van der Waals surface area contributed by atoms with Crippen LogP contribution in [-0.4, -0.2) is 27.7 Å². The highest BCUT2D eigenvalue weighted by molar-refractivity contribution is 6.39. The van der Waals surface area contributed by atoms with Crippen molar-refractivity contribution < 1.29 is 9.84 Å². The Kier molecular flexibility index (Phi) is 4.15. The molecule has 1 aliphatic heterocycles. The molecule has 5 nitrogen and oxygen atoms in total. The Morgan fingerprint density at radius 2 is 1.83 bits per heavy atom. The van der Waals surface area contributed by atoms with Crippen LogP contribution < -0.4 is 5.56 Å². The third-order valence-electron chi connectivity index (χ3n) is 3.86. The van der Waals surface area contributed by atoms with Crippen LogP contribution in [0.2, 0.25) is 10.0 Å². The molecule has 3 rings (SSSR count). The van der Waals surface area contributed by atoms with Gasteiger partial charge in [0.15, 0.2) is 0 Å². The topological polar surface area (TPSA) is 56.4 Å². The van der Waals surface area contributed by atoms with E-state index in [-0.39, 0.29) is 33.2 Å². The average Bonchev–Trinajstić information content (AvgIpc) is 3.02. The van der Waals surface area contributed by atoms with Crippen LogP contribution in [0, 0.1) is 11.8 Å². The SMILES string of the molecule is CC#Cc1cc(Cl)c(-c2c(O)n3n(c2=O)CC(OC)C3)c(Cl)c1. The van der Waals surface area contributed by atoms with Gasteiger partial charge < -0.3 is 9.84 Å². The van der Waals surface area contributed by atoms with Crippen LogP contribution in [0.25, 0.3) is 11.1 Å².